The molecule has 0 saturated carbocycles. The molecule has 42 heavy (non-hydrogen) atoms. The Morgan fingerprint density at radius 1 is 1.05 bits per heavy atom. The molecule has 0 N–H and O–H groups in total. The van der Waals surface area contributed by atoms with E-state index in [-0.39, 0.29) is 17.4 Å². The molecule has 0 spiro atoms. The summed E-state index contributed by atoms with van der Waals surface area (Å²) in [6.45, 7) is 9.39. The zero-order chi connectivity index (χ0) is 29.6. The minimum atomic E-state index is -0.473. The third-order valence-corrected chi connectivity index (χ3v) is 8.18. The van der Waals surface area contributed by atoms with Gasteiger partial charge in [0.2, 0.25) is 5.91 Å². The van der Waals surface area contributed by atoms with E-state index in [0.29, 0.717) is 49.8 Å². The molecule has 1 fully saturated rings. The Hall–Kier alpha value is -4.30. The quantitative estimate of drug-likeness (QED) is 0.206. The number of aryl methyl sites for hydroxylation is 1. The average Bonchev–Trinajstić information content (AvgIpc) is 3.24. The Morgan fingerprint density at radius 2 is 1.81 bits per heavy atom. The van der Waals surface area contributed by atoms with Crippen molar-refractivity contribution in [1.29, 1.82) is 0 Å². The highest BCUT2D eigenvalue weighted by Crippen LogP contribution is 2.38. The normalized spacial score (nSPS) is 15.6. The van der Waals surface area contributed by atoms with Crippen LogP contribution in [0.15, 0.2) is 78.2 Å². The first-order chi connectivity index (χ1) is 20.4. The van der Waals surface area contributed by atoms with Crippen LogP contribution in [0.4, 0.5) is 4.79 Å². The van der Waals surface area contributed by atoms with Crippen LogP contribution in [-0.4, -0.2) is 46.5 Å². The molecule has 0 radical (unpaired) electrons. The number of hydrogen-bond acceptors (Lipinski definition) is 6. The number of benzene rings is 3. The van der Waals surface area contributed by atoms with Crippen LogP contribution in [0.3, 0.4) is 0 Å². The number of thioether (sulfide) groups is 1. The SMILES string of the molecule is C=CCc1cc(/C=C2\SC(=O)N(CC(=O)N3CCc4ccccc4C3)C2=O)cc(OCC)c1OCc1ccc(C)cc1. The van der Waals surface area contributed by atoms with Crippen LogP contribution in [0.5, 0.6) is 11.5 Å². The molecular formula is C34H34N2O5S. The van der Waals surface area contributed by atoms with Crippen LogP contribution in [0.25, 0.3) is 6.08 Å². The van der Waals surface area contributed by atoms with Crippen LogP contribution in [0.2, 0.25) is 0 Å². The summed E-state index contributed by atoms with van der Waals surface area (Å²) in [7, 11) is 0. The molecule has 0 bridgehead atoms. The Kier molecular flexibility index (Phi) is 9.12. The number of imide groups is 1. The first-order valence-corrected chi connectivity index (χ1v) is 14.9. The van der Waals surface area contributed by atoms with Crippen LogP contribution >= 0.6 is 11.8 Å². The molecule has 2 aliphatic heterocycles. The lowest BCUT2D eigenvalue weighted by molar-refractivity contribution is -0.136. The molecular weight excluding hydrogens is 548 g/mol. The van der Waals surface area contributed by atoms with Gasteiger partial charge < -0.3 is 14.4 Å². The maximum Gasteiger partial charge on any atom is 0.294 e. The molecule has 2 heterocycles. The molecule has 8 heteroatoms. The molecule has 5 rings (SSSR count). The van der Waals surface area contributed by atoms with Gasteiger partial charge in [-0.3, -0.25) is 19.3 Å². The number of ether oxygens (including phenoxy) is 2. The van der Waals surface area contributed by atoms with Gasteiger partial charge in [-0.05, 0) is 78.9 Å². The molecule has 0 aromatic heterocycles. The summed E-state index contributed by atoms with van der Waals surface area (Å²) in [5, 5.41) is -0.452. The summed E-state index contributed by atoms with van der Waals surface area (Å²) in [4.78, 5) is 42.2. The van der Waals surface area contributed by atoms with E-state index in [1.807, 2.05) is 68.4 Å². The third-order valence-electron chi connectivity index (χ3n) is 7.27. The van der Waals surface area contributed by atoms with Crippen LogP contribution < -0.4 is 9.47 Å². The number of carbonyl (C=O) groups excluding carboxylic acids is 3. The second-order valence-corrected chi connectivity index (χ2v) is 11.3. The highest BCUT2D eigenvalue weighted by Gasteiger charge is 2.37. The second kappa shape index (κ2) is 13.1. The Labute approximate surface area is 250 Å². The van der Waals surface area contributed by atoms with Crippen molar-refractivity contribution in [3.05, 3.63) is 112 Å². The van der Waals surface area contributed by atoms with Gasteiger partial charge in [0.25, 0.3) is 11.1 Å². The Balaban J connectivity index is 1.33. The van der Waals surface area contributed by atoms with Crippen molar-refractivity contribution in [2.75, 3.05) is 19.7 Å². The first-order valence-electron chi connectivity index (χ1n) is 14.0. The van der Waals surface area contributed by atoms with Gasteiger partial charge in [0.1, 0.15) is 13.2 Å². The highest BCUT2D eigenvalue weighted by atomic mass is 32.2. The lowest BCUT2D eigenvalue weighted by Crippen LogP contribution is -2.44. The van der Waals surface area contributed by atoms with E-state index in [9.17, 15) is 14.4 Å². The monoisotopic (exact) mass is 582 g/mol. The molecule has 0 aliphatic carbocycles. The van der Waals surface area contributed by atoms with E-state index in [1.165, 1.54) is 11.1 Å². The molecule has 0 atom stereocenters. The van der Waals surface area contributed by atoms with Crippen molar-refractivity contribution in [3.8, 4) is 11.5 Å². The molecule has 1 saturated heterocycles. The fourth-order valence-electron chi connectivity index (χ4n) is 5.07. The lowest BCUT2D eigenvalue weighted by Gasteiger charge is -2.29. The molecule has 3 amide bonds. The van der Waals surface area contributed by atoms with Gasteiger partial charge >= 0.3 is 0 Å². The van der Waals surface area contributed by atoms with Gasteiger partial charge in [0.05, 0.1) is 11.5 Å². The maximum absolute atomic E-state index is 13.3. The van der Waals surface area contributed by atoms with Crippen LogP contribution in [-0.2, 0) is 35.6 Å². The fraction of sp³-hybridized carbons (Fsp3) is 0.265. The van der Waals surface area contributed by atoms with Gasteiger partial charge in [-0.2, -0.15) is 0 Å². The summed E-state index contributed by atoms with van der Waals surface area (Å²) in [5.74, 6) is 0.458. The Morgan fingerprint density at radius 3 is 2.55 bits per heavy atom. The number of allylic oxidation sites excluding steroid dienone is 1. The van der Waals surface area contributed by atoms with Gasteiger partial charge in [0, 0.05) is 18.7 Å². The third kappa shape index (κ3) is 6.60. The van der Waals surface area contributed by atoms with E-state index < -0.39 is 11.1 Å². The summed E-state index contributed by atoms with van der Waals surface area (Å²) in [6.07, 6.45) is 4.74. The lowest BCUT2D eigenvalue weighted by atomic mass is 10.00. The first kappa shape index (κ1) is 29.2. The second-order valence-electron chi connectivity index (χ2n) is 10.3. The zero-order valence-corrected chi connectivity index (χ0v) is 24.7. The minimum absolute atomic E-state index is 0.241. The number of hydrogen-bond donors (Lipinski definition) is 0. The summed E-state index contributed by atoms with van der Waals surface area (Å²) in [5.41, 5.74) is 6.09. The number of rotatable bonds is 10. The molecule has 3 aromatic carbocycles. The molecule has 3 aromatic rings. The molecule has 7 nitrogen and oxygen atoms in total. The number of fused-ring (bicyclic) bond motifs is 1. The van der Waals surface area contributed by atoms with Crippen molar-refractivity contribution >= 4 is 34.9 Å². The van der Waals surface area contributed by atoms with E-state index in [2.05, 4.69) is 12.6 Å². The summed E-state index contributed by atoms with van der Waals surface area (Å²) < 4.78 is 12.2. The Bertz CT molecular complexity index is 1550. The van der Waals surface area contributed by atoms with Gasteiger partial charge in [-0.25, -0.2) is 0 Å². The van der Waals surface area contributed by atoms with Crippen molar-refractivity contribution in [2.24, 2.45) is 0 Å². The largest absolute Gasteiger partial charge is 0.490 e. The van der Waals surface area contributed by atoms with Crippen LogP contribution in [0, 0.1) is 6.92 Å². The smallest absolute Gasteiger partial charge is 0.294 e. The van der Waals surface area contributed by atoms with E-state index in [1.54, 1.807) is 17.1 Å². The van der Waals surface area contributed by atoms with Gasteiger partial charge in [-0.1, -0.05) is 60.2 Å². The highest BCUT2D eigenvalue weighted by molar-refractivity contribution is 8.18. The summed E-state index contributed by atoms with van der Waals surface area (Å²) >= 11 is 0.841. The van der Waals surface area contributed by atoms with Crippen LogP contribution in [0.1, 0.15) is 40.3 Å². The van der Waals surface area contributed by atoms with Gasteiger partial charge in [-0.15, -0.1) is 6.58 Å². The average molecular weight is 583 g/mol. The topological polar surface area (TPSA) is 76.2 Å². The molecule has 2 aliphatic rings. The van der Waals surface area contributed by atoms with Crippen molar-refractivity contribution in [2.45, 2.75) is 39.8 Å². The molecule has 0 unspecified atom stereocenters. The van der Waals surface area contributed by atoms with Gasteiger partial charge in [0.15, 0.2) is 11.5 Å². The number of carbonyl (C=O) groups is 3. The summed E-state index contributed by atoms with van der Waals surface area (Å²) in [6, 6.07) is 19.9. The van der Waals surface area contributed by atoms with E-state index in [0.717, 1.165) is 39.8 Å². The zero-order valence-electron chi connectivity index (χ0n) is 23.9. The predicted molar refractivity (Wildman–Crippen MR) is 165 cm³/mol. The molecule has 216 valence electrons. The van der Waals surface area contributed by atoms with E-state index >= 15 is 0 Å². The standard InChI is InChI=1S/C34H34N2O5S/c1-4-8-27-17-25(18-29(40-5-2)32(27)41-22-24-13-11-23(3)12-14-24)19-30-33(38)36(34(39)42-30)21-31(37)35-16-15-26-9-6-7-10-28(26)20-35/h4,6-7,9-14,17-19H,1,5,8,15-16,20-22H2,2-3H3/b30-19-. The number of nitrogens with zero attached hydrogens (tertiary/aromatic N) is 2. The fourth-order valence-corrected chi connectivity index (χ4v) is 5.91. The predicted octanol–water partition coefficient (Wildman–Crippen LogP) is 6.32. The minimum Gasteiger partial charge on any atom is -0.490 e. The van der Waals surface area contributed by atoms with Crippen molar-refractivity contribution in [3.63, 3.8) is 0 Å². The van der Waals surface area contributed by atoms with E-state index in [4.69, 9.17) is 9.47 Å². The number of amides is 3. The van der Waals surface area contributed by atoms with Crippen molar-refractivity contribution < 1.29 is 23.9 Å². The maximum atomic E-state index is 13.3. The van der Waals surface area contributed by atoms with Crippen molar-refractivity contribution in [1.82, 2.24) is 9.80 Å².